The monoisotopic (exact) mass is 612 g/mol. The van der Waals surface area contributed by atoms with Crippen LogP contribution in [0.5, 0.6) is 5.75 Å². The molecule has 1 saturated heterocycles. The molecule has 5 atom stereocenters. The summed E-state index contributed by atoms with van der Waals surface area (Å²) in [5, 5.41) is 24.5. The third-order valence-electron chi connectivity index (χ3n) is 10.1. The maximum Gasteiger partial charge on any atom is 0.195 e. The van der Waals surface area contributed by atoms with Crippen LogP contribution in [0.15, 0.2) is 47.6 Å². The van der Waals surface area contributed by atoms with Crippen molar-refractivity contribution in [2.75, 3.05) is 13.7 Å². The Balaban J connectivity index is 1.86. The van der Waals surface area contributed by atoms with Crippen molar-refractivity contribution in [3.8, 4) is 17.6 Å². The Morgan fingerprint density at radius 1 is 1.16 bits per heavy atom. The van der Waals surface area contributed by atoms with E-state index in [1.165, 1.54) is 0 Å². The molecule has 0 amide bonds. The van der Waals surface area contributed by atoms with Gasteiger partial charge in [0, 0.05) is 23.8 Å². The van der Waals surface area contributed by atoms with Crippen LogP contribution in [-0.4, -0.2) is 55.8 Å². The van der Waals surface area contributed by atoms with E-state index in [-0.39, 0.29) is 11.0 Å². The summed E-state index contributed by atoms with van der Waals surface area (Å²) in [4.78, 5) is 0. The van der Waals surface area contributed by atoms with Gasteiger partial charge in [0.25, 0.3) is 0 Å². The Kier molecular flexibility index (Phi) is 10.9. The number of benzene rings is 1. The van der Waals surface area contributed by atoms with Crippen LogP contribution in [0.1, 0.15) is 86.6 Å². The maximum atomic E-state index is 12.4. The van der Waals surface area contributed by atoms with E-state index < -0.39 is 37.3 Å². The van der Waals surface area contributed by atoms with Crippen LogP contribution in [0.25, 0.3) is 0 Å². The highest BCUT2D eigenvalue weighted by Gasteiger charge is 2.89. The van der Waals surface area contributed by atoms with Gasteiger partial charge in [-0.25, -0.2) is 0 Å². The number of methoxy groups -OCH3 is 1. The topological polar surface area (TPSA) is 77.4 Å². The first-order chi connectivity index (χ1) is 19.8. The first-order valence-corrected chi connectivity index (χ1v) is 18.6. The lowest BCUT2D eigenvalue weighted by molar-refractivity contribution is -0.202. The molecule has 2 aliphatic rings. The van der Waals surface area contributed by atoms with Crippen LogP contribution in [0.2, 0.25) is 18.1 Å². The largest absolute Gasteiger partial charge is 0.497 e. The maximum absolute atomic E-state index is 12.4. The molecule has 0 unspecified atom stereocenters. The lowest BCUT2D eigenvalue weighted by atomic mass is 9.83. The Bertz CT molecular complexity index is 1230. The van der Waals surface area contributed by atoms with Crippen LogP contribution >= 0.6 is 0 Å². The molecule has 1 aliphatic carbocycles. The summed E-state index contributed by atoms with van der Waals surface area (Å²) in [5.41, 5.74) is 0.269. The molecule has 3 rings (SSSR count). The molecule has 1 saturated carbocycles. The van der Waals surface area contributed by atoms with E-state index in [0.717, 1.165) is 28.0 Å². The molecule has 0 bridgehead atoms. The van der Waals surface area contributed by atoms with E-state index in [9.17, 15) is 10.2 Å². The molecule has 0 radical (unpaired) electrons. The fraction of sp³-hybridized carbons (Fsp3) is 0.667. The highest BCUT2D eigenvalue weighted by Crippen LogP contribution is 2.74. The summed E-state index contributed by atoms with van der Waals surface area (Å²) in [7, 11) is -0.539. The Morgan fingerprint density at radius 2 is 1.79 bits per heavy atom. The number of aliphatic hydroxyl groups is 2. The predicted octanol–water partition coefficient (Wildman–Crippen LogP) is 7.55. The van der Waals surface area contributed by atoms with Crippen LogP contribution in [0, 0.1) is 23.2 Å². The number of rotatable bonds is 12. The van der Waals surface area contributed by atoms with E-state index in [1.54, 1.807) is 7.11 Å². The molecule has 7 heteroatoms. The van der Waals surface area contributed by atoms with Crippen molar-refractivity contribution in [2.24, 2.45) is 11.3 Å². The Hall–Kier alpha value is -1.92. The van der Waals surface area contributed by atoms with Gasteiger partial charge in [-0.15, -0.1) is 6.58 Å². The zero-order valence-corrected chi connectivity index (χ0v) is 29.5. The average molecular weight is 613 g/mol. The number of allylic oxidation sites excluding steroid dienone is 2. The van der Waals surface area contributed by atoms with E-state index in [2.05, 4.69) is 66.1 Å². The molecule has 2 N–H and O–H groups in total. The summed E-state index contributed by atoms with van der Waals surface area (Å²) >= 11 is 0. The molecule has 1 heterocycles. The Labute approximate surface area is 262 Å². The van der Waals surface area contributed by atoms with Gasteiger partial charge in [0.1, 0.15) is 29.3 Å². The second kappa shape index (κ2) is 13.2. The molecule has 0 aromatic heterocycles. The van der Waals surface area contributed by atoms with Crippen LogP contribution in [0.4, 0.5) is 0 Å². The van der Waals surface area contributed by atoms with Gasteiger partial charge in [-0.3, -0.25) is 0 Å². The van der Waals surface area contributed by atoms with Crippen molar-refractivity contribution >= 4 is 8.32 Å². The molecule has 1 aromatic rings. The van der Waals surface area contributed by atoms with Crippen molar-refractivity contribution in [3.63, 3.8) is 0 Å². The highest BCUT2D eigenvalue weighted by molar-refractivity contribution is 6.74. The molecule has 43 heavy (non-hydrogen) atoms. The lowest BCUT2D eigenvalue weighted by Crippen LogP contribution is -2.52. The number of hydrogen-bond acceptors (Lipinski definition) is 6. The summed E-state index contributed by atoms with van der Waals surface area (Å²) in [6, 6.07) is 7.83. The number of hydrogen-bond donors (Lipinski definition) is 2. The number of fused-ring (bicyclic) bond motifs is 1. The second-order valence-electron chi connectivity index (χ2n) is 14.6. The lowest BCUT2D eigenvalue weighted by Gasteiger charge is -2.44. The molecule has 6 nitrogen and oxygen atoms in total. The smallest absolute Gasteiger partial charge is 0.195 e. The SMILES string of the molecule is C=C(C)CC[C@]1(O)[C@]2(C)C[C@@H](O[Si](C)(C)C(C)(C)C)O[C@H](/C(=C(/C)C#CCCOCc3ccc(OC)cc3)C(C)C)[C@@]21O. The third-order valence-corrected chi connectivity index (χ3v) is 14.6. The third kappa shape index (κ3) is 7.00. The zero-order valence-electron chi connectivity index (χ0n) is 28.5. The van der Waals surface area contributed by atoms with Gasteiger partial charge in [0.2, 0.25) is 0 Å². The first-order valence-electron chi connectivity index (χ1n) is 15.7. The minimum absolute atomic E-state index is 0.00608. The minimum Gasteiger partial charge on any atom is -0.497 e. The first kappa shape index (κ1) is 35.6. The highest BCUT2D eigenvalue weighted by atomic mass is 28.4. The van der Waals surface area contributed by atoms with Crippen LogP contribution in [-0.2, 0) is 20.5 Å². The van der Waals surface area contributed by atoms with Crippen LogP contribution in [0.3, 0.4) is 0 Å². The van der Waals surface area contributed by atoms with Gasteiger partial charge in [0.15, 0.2) is 8.32 Å². The van der Waals surface area contributed by atoms with Crippen molar-refractivity contribution in [2.45, 2.75) is 129 Å². The zero-order chi connectivity index (χ0) is 32.4. The quantitative estimate of drug-likeness (QED) is 0.110. The van der Waals surface area contributed by atoms with E-state index in [4.69, 9.17) is 18.6 Å². The van der Waals surface area contributed by atoms with Gasteiger partial charge < -0.3 is 28.8 Å². The summed E-state index contributed by atoms with van der Waals surface area (Å²) in [6.07, 6.45) is 0.786. The van der Waals surface area contributed by atoms with Gasteiger partial charge in [-0.2, -0.15) is 0 Å². The molecular formula is C36H56O6Si. The van der Waals surface area contributed by atoms with E-state index in [0.29, 0.717) is 38.9 Å². The summed E-state index contributed by atoms with van der Waals surface area (Å²) in [5.74, 6) is 7.44. The van der Waals surface area contributed by atoms with Gasteiger partial charge in [-0.05, 0) is 74.0 Å². The molecule has 2 fully saturated rings. The molecule has 240 valence electrons. The standard InChI is InChI=1S/C36H56O6Si/c1-25(2)20-21-35(37)34(9)23-30(42-43(11,12)33(6,7)8)41-32(36(34,35)38)31(26(3)4)27(5)15-13-14-22-40-24-28-16-18-29(39-10)19-17-28/h16-19,26,30,32,37-38H,1,14,20-24H2,2-12H3/b31-27-/t30-,32-,34+,35+,36-/m1/s1. The fourth-order valence-corrected chi connectivity index (χ4v) is 7.44. The summed E-state index contributed by atoms with van der Waals surface area (Å²) < 4.78 is 24.5. The number of ether oxygens (including phenoxy) is 3. The Morgan fingerprint density at radius 3 is 2.33 bits per heavy atom. The summed E-state index contributed by atoms with van der Waals surface area (Å²) in [6.45, 7) is 26.2. The predicted molar refractivity (Wildman–Crippen MR) is 176 cm³/mol. The fourth-order valence-electron chi connectivity index (χ4n) is 6.29. The van der Waals surface area contributed by atoms with E-state index >= 15 is 0 Å². The van der Waals surface area contributed by atoms with Crippen LogP contribution < -0.4 is 4.74 Å². The molecular weight excluding hydrogens is 556 g/mol. The molecule has 1 aromatic carbocycles. The molecule has 1 aliphatic heterocycles. The normalized spacial score (nSPS) is 29.3. The van der Waals surface area contributed by atoms with E-state index in [1.807, 2.05) is 45.0 Å². The second-order valence-corrected chi connectivity index (χ2v) is 19.4. The van der Waals surface area contributed by atoms with Crippen molar-refractivity contribution in [1.82, 2.24) is 0 Å². The average Bonchev–Trinajstić information content (AvgIpc) is 3.30. The van der Waals surface area contributed by atoms with Crippen molar-refractivity contribution < 1.29 is 28.8 Å². The van der Waals surface area contributed by atoms with Gasteiger partial charge in [-0.1, -0.05) is 71.1 Å². The minimum atomic E-state index is -2.19. The van der Waals surface area contributed by atoms with Crippen molar-refractivity contribution in [1.29, 1.82) is 0 Å². The van der Waals surface area contributed by atoms with Crippen molar-refractivity contribution in [3.05, 3.63) is 53.1 Å². The van der Waals surface area contributed by atoms with Gasteiger partial charge in [0.05, 0.1) is 20.3 Å². The van der Waals surface area contributed by atoms with Gasteiger partial charge >= 0.3 is 0 Å². The molecule has 0 spiro atoms.